The maximum absolute atomic E-state index is 14.6. The van der Waals surface area contributed by atoms with Crippen molar-refractivity contribution in [2.24, 2.45) is 0 Å². The Morgan fingerprint density at radius 1 is 0.650 bits per heavy atom. The Kier molecular flexibility index (Phi) is 10.4. The van der Waals surface area contributed by atoms with Crippen LogP contribution in [0.4, 0.5) is 4.39 Å². The molecular formula is C31H33FO8. The minimum absolute atomic E-state index is 0.101. The molecule has 0 radical (unpaired) electrons. The molecule has 0 saturated carbocycles. The molecule has 0 heterocycles. The van der Waals surface area contributed by atoms with Crippen LogP contribution in [0.1, 0.15) is 27.0 Å². The number of ketones is 1. The summed E-state index contributed by atoms with van der Waals surface area (Å²) >= 11 is 0. The van der Waals surface area contributed by atoms with E-state index in [-0.39, 0.29) is 11.5 Å². The largest absolute Gasteiger partial charge is 0.494 e. The van der Waals surface area contributed by atoms with Crippen LogP contribution in [0.5, 0.6) is 40.2 Å². The van der Waals surface area contributed by atoms with Crippen molar-refractivity contribution >= 4 is 17.9 Å². The van der Waals surface area contributed by atoms with E-state index < -0.39 is 5.82 Å². The second kappa shape index (κ2) is 13.9. The minimum atomic E-state index is -0.506. The van der Waals surface area contributed by atoms with Gasteiger partial charge in [-0.05, 0) is 65.6 Å². The molecule has 0 aliphatic rings. The first-order valence-corrected chi connectivity index (χ1v) is 12.2. The van der Waals surface area contributed by atoms with Crippen molar-refractivity contribution in [2.45, 2.75) is 6.42 Å². The predicted molar refractivity (Wildman–Crippen MR) is 151 cm³/mol. The van der Waals surface area contributed by atoms with Crippen molar-refractivity contribution < 1.29 is 42.3 Å². The standard InChI is InChI=1S/C31H33FO8/c1-34-25-16-20(9-8-10-24(33)22-17-28(37-4)31(40-7)29(18-22)38-5)21(15-23(25)32)12-11-19-13-26(35-2)30(39-6)27(14-19)36-3/h8,10-18H,9H2,1-7H3/b10-8-,12-11-. The molecule has 0 spiro atoms. The number of allylic oxidation sites excluding steroid dienone is 2. The number of rotatable bonds is 13. The maximum Gasteiger partial charge on any atom is 0.203 e. The Labute approximate surface area is 233 Å². The molecule has 40 heavy (non-hydrogen) atoms. The summed E-state index contributed by atoms with van der Waals surface area (Å²) in [5, 5.41) is 0. The topological polar surface area (TPSA) is 81.7 Å². The first-order valence-electron chi connectivity index (χ1n) is 12.2. The van der Waals surface area contributed by atoms with Crippen molar-refractivity contribution in [1.82, 2.24) is 0 Å². The van der Waals surface area contributed by atoms with E-state index in [0.717, 1.165) is 11.1 Å². The second-order valence-electron chi connectivity index (χ2n) is 8.36. The Balaban J connectivity index is 1.92. The first-order chi connectivity index (χ1) is 19.3. The minimum Gasteiger partial charge on any atom is -0.494 e. The van der Waals surface area contributed by atoms with E-state index in [1.807, 2.05) is 0 Å². The van der Waals surface area contributed by atoms with Gasteiger partial charge in [-0.1, -0.05) is 18.2 Å². The Morgan fingerprint density at radius 3 is 1.62 bits per heavy atom. The molecule has 0 unspecified atom stereocenters. The van der Waals surface area contributed by atoms with Crippen LogP contribution in [0, 0.1) is 5.82 Å². The van der Waals surface area contributed by atoms with Gasteiger partial charge in [-0.2, -0.15) is 0 Å². The second-order valence-corrected chi connectivity index (χ2v) is 8.36. The average molecular weight is 553 g/mol. The lowest BCUT2D eigenvalue weighted by atomic mass is 10.0. The van der Waals surface area contributed by atoms with E-state index in [1.54, 1.807) is 48.6 Å². The Morgan fingerprint density at radius 2 is 1.15 bits per heavy atom. The SMILES string of the molecule is COc1cc(C/C=C\C(=O)c2cc(OC)c(OC)c(OC)c2)c(/C=C\c2cc(OC)c(OC)c(OC)c2)cc1F. The van der Waals surface area contributed by atoms with Crippen LogP contribution >= 0.6 is 0 Å². The number of carbonyl (C=O) groups is 1. The van der Waals surface area contributed by atoms with Crippen molar-refractivity contribution in [3.63, 3.8) is 0 Å². The molecule has 0 bridgehead atoms. The third-order valence-electron chi connectivity index (χ3n) is 6.11. The van der Waals surface area contributed by atoms with Crippen LogP contribution in [0.3, 0.4) is 0 Å². The summed E-state index contributed by atoms with van der Waals surface area (Å²) in [5.74, 6) is 1.95. The fraction of sp³-hybridized carbons (Fsp3) is 0.258. The number of halogens is 1. The van der Waals surface area contributed by atoms with Gasteiger partial charge >= 0.3 is 0 Å². The van der Waals surface area contributed by atoms with Gasteiger partial charge in [-0.15, -0.1) is 0 Å². The zero-order valence-corrected chi connectivity index (χ0v) is 23.6. The number of benzene rings is 3. The van der Waals surface area contributed by atoms with Crippen LogP contribution < -0.4 is 33.2 Å². The number of ether oxygens (including phenoxy) is 7. The van der Waals surface area contributed by atoms with Crippen LogP contribution in [0.2, 0.25) is 0 Å². The van der Waals surface area contributed by atoms with Crippen LogP contribution in [-0.4, -0.2) is 55.6 Å². The molecule has 0 aliphatic carbocycles. The summed E-state index contributed by atoms with van der Waals surface area (Å²) < 4.78 is 52.0. The highest BCUT2D eigenvalue weighted by atomic mass is 19.1. The molecule has 0 N–H and O–H groups in total. The third-order valence-corrected chi connectivity index (χ3v) is 6.11. The summed E-state index contributed by atoms with van der Waals surface area (Å²) in [4.78, 5) is 12.9. The molecule has 0 aliphatic heterocycles. The quantitative estimate of drug-likeness (QED) is 0.144. The van der Waals surface area contributed by atoms with E-state index in [2.05, 4.69) is 0 Å². The number of hydrogen-bond donors (Lipinski definition) is 0. The summed E-state index contributed by atoms with van der Waals surface area (Å²) in [6.07, 6.45) is 7.06. The summed E-state index contributed by atoms with van der Waals surface area (Å²) in [5.41, 5.74) is 2.47. The number of carbonyl (C=O) groups excluding carboxylic acids is 1. The molecule has 3 rings (SSSR count). The van der Waals surface area contributed by atoms with E-state index in [9.17, 15) is 9.18 Å². The fourth-order valence-corrected chi connectivity index (χ4v) is 4.10. The van der Waals surface area contributed by atoms with Crippen LogP contribution in [0.15, 0.2) is 48.6 Å². The molecule has 8 nitrogen and oxygen atoms in total. The van der Waals surface area contributed by atoms with Gasteiger partial charge in [-0.25, -0.2) is 4.39 Å². The lowest BCUT2D eigenvalue weighted by Gasteiger charge is -2.13. The van der Waals surface area contributed by atoms with Gasteiger partial charge in [0.1, 0.15) is 0 Å². The molecule has 9 heteroatoms. The molecule has 0 saturated heterocycles. The van der Waals surface area contributed by atoms with Crippen LogP contribution in [0.25, 0.3) is 12.2 Å². The van der Waals surface area contributed by atoms with E-state index in [0.29, 0.717) is 52.0 Å². The van der Waals surface area contributed by atoms with Gasteiger partial charge in [0.05, 0.1) is 49.8 Å². The van der Waals surface area contributed by atoms with Gasteiger partial charge in [0, 0.05) is 5.56 Å². The number of hydrogen-bond acceptors (Lipinski definition) is 8. The zero-order valence-electron chi connectivity index (χ0n) is 23.6. The van der Waals surface area contributed by atoms with Gasteiger partial charge < -0.3 is 33.2 Å². The monoisotopic (exact) mass is 552 g/mol. The number of methoxy groups -OCH3 is 7. The van der Waals surface area contributed by atoms with Crippen molar-refractivity contribution in [3.8, 4) is 40.2 Å². The molecule has 3 aromatic carbocycles. The third kappa shape index (κ3) is 6.66. The Bertz CT molecular complexity index is 1360. The van der Waals surface area contributed by atoms with Crippen molar-refractivity contribution in [2.75, 3.05) is 49.8 Å². The normalized spacial score (nSPS) is 11.0. The maximum atomic E-state index is 14.6. The predicted octanol–water partition coefficient (Wildman–Crippen LogP) is 6.04. The van der Waals surface area contributed by atoms with Gasteiger partial charge in [-0.3, -0.25) is 4.79 Å². The Hall–Kier alpha value is -4.66. The van der Waals surface area contributed by atoms with Gasteiger partial charge in [0.15, 0.2) is 40.3 Å². The van der Waals surface area contributed by atoms with Crippen molar-refractivity contribution in [3.05, 3.63) is 76.6 Å². The molecule has 0 aromatic heterocycles. The van der Waals surface area contributed by atoms with Crippen molar-refractivity contribution in [1.29, 1.82) is 0 Å². The molecule has 0 fully saturated rings. The fourth-order valence-electron chi connectivity index (χ4n) is 4.10. The first kappa shape index (κ1) is 29.9. The highest BCUT2D eigenvalue weighted by molar-refractivity contribution is 6.05. The highest BCUT2D eigenvalue weighted by Crippen LogP contribution is 2.39. The van der Waals surface area contributed by atoms with E-state index in [1.165, 1.54) is 61.9 Å². The van der Waals surface area contributed by atoms with Gasteiger partial charge in [0.25, 0.3) is 0 Å². The lowest BCUT2D eigenvalue weighted by Crippen LogP contribution is -2.01. The molecule has 3 aromatic rings. The molecule has 0 amide bonds. The van der Waals surface area contributed by atoms with E-state index in [4.69, 9.17) is 33.2 Å². The summed E-state index contributed by atoms with van der Waals surface area (Å²) in [6, 6.07) is 9.73. The lowest BCUT2D eigenvalue weighted by molar-refractivity contribution is 0.104. The molecule has 0 atom stereocenters. The van der Waals surface area contributed by atoms with E-state index >= 15 is 0 Å². The summed E-state index contributed by atoms with van der Waals surface area (Å²) in [6.45, 7) is 0. The average Bonchev–Trinajstić information content (AvgIpc) is 2.98. The molecular weight excluding hydrogens is 519 g/mol. The summed E-state index contributed by atoms with van der Waals surface area (Å²) in [7, 11) is 10.5. The smallest absolute Gasteiger partial charge is 0.203 e. The van der Waals surface area contributed by atoms with Crippen LogP contribution in [-0.2, 0) is 6.42 Å². The van der Waals surface area contributed by atoms with Gasteiger partial charge in [0.2, 0.25) is 11.5 Å². The molecule has 212 valence electrons. The highest BCUT2D eigenvalue weighted by Gasteiger charge is 2.16. The zero-order chi connectivity index (χ0) is 29.2.